The molecule has 0 unspecified atom stereocenters. The number of halogens is 2. The molecule has 1 aromatic heterocycles. The lowest BCUT2D eigenvalue weighted by atomic mass is 10.0. The van der Waals surface area contributed by atoms with Gasteiger partial charge in [-0.2, -0.15) is 5.26 Å². The van der Waals surface area contributed by atoms with E-state index in [2.05, 4.69) is 45.5 Å². The van der Waals surface area contributed by atoms with Gasteiger partial charge in [0.15, 0.2) is 0 Å². The lowest BCUT2D eigenvalue weighted by Crippen LogP contribution is -2.37. The van der Waals surface area contributed by atoms with Crippen molar-refractivity contribution >= 4 is 51.4 Å². The van der Waals surface area contributed by atoms with Crippen molar-refractivity contribution in [2.24, 2.45) is 0 Å². The number of benzene rings is 3. The number of nitrogens with one attached hydrogen (secondary N) is 1. The Kier molecular flexibility index (Phi) is 8.41. The number of carbonyl (C=O) groups excluding carboxylic acids is 1. The highest BCUT2D eigenvalue weighted by molar-refractivity contribution is 6.37. The quantitative estimate of drug-likeness (QED) is 0.231. The number of anilines is 2. The third kappa shape index (κ3) is 6.15. The maximum absolute atomic E-state index is 11.2. The second kappa shape index (κ2) is 12.1. The molecule has 0 bridgehead atoms. The van der Waals surface area contributed by atoms with Crippen LogP contribution in [0.15, 0.2) is 60.8 Å². The number of piperidine rings is 1. The van der Waals surface area contributed by atoms with Crippen LogP contribution in [0.2, 0.25) is 10.0 Å². The van der Waals surface area contributed by atoms with Crippen molar-refractivity contribution < 1.29 is 14.3 Å². The van der Waals surface area contributed by atoms with Gasteiger partial charge in [-0.05, 0) is 41.7 Å². The lowest BCUT2D eigenvalue weighted by Gasteiger charge is -2.31. The number of hydrogen-bond acceptors (Lipinski definition) is 7. The van der Waals surface area contributed by atoms with Crippen LogP contribution in [0.4, 0.5) is 11.4 Å². The van der Waals surface area contributed by atoms with Crippen molar-refractivity contribution in [2.45, 2.75) is 32.4 Å². The molecule has 0 atom stereocenters. The van der Waals surface area contributed by atoms with E-state index in [9.17, 15) is 10.1 Å². The minimum atomic E-state index is -0.206. The van der Waals surface area contributed by atoms with E-state index >= 15 is 0 Å². The number of nitrogens with zero attached hydrogens (tertiary/aromatic N) is 3. The molecular weight excluding hydrogens is 547 g/mol. The normalized spacial score (nSPS) is 14.1. The summed E-state index contributed by atoms with van der Waals surface area (Å²) in [4.78, 5) is 18.1. The third-order valence-corrected chi connectivity index (χ3v) is 7.66. The fraction of sp³-hybridized carbons (Fsp3) is 0.258. The summed E-state index contributed by atoms with van der Waals surface area (Å²) >= 11 is 12.6. The highest BCUT2D eigenvalue weighted by atomic mass is 35.5. The maximum Gasteiger partial charge on any atom is 0.302 e. The molecule has 1 fully saturated rings. The van der Waals surface area contributed by atoms with E-state index in [1.165, 1.54) is 19.6 Å². The molecule has 0 amide bonds. The molecule has 0 spiro atoms. The number of hydrogen-bond donors (Lipinski definition) is 1. The summed E-state index contributed by atoms with van der Waals surface area (Å²) in [6, 6.07) is 20.0. The second-order valence-corrected chi connectivity index (χ2v) is 10.6. The lowest BCUT2D eigenvalue weighted by molar-refractivity contribution is -0.148. The van der Waals surface area contributed by atoms with Crippen LogP contribution in [0, 0.1) is 11.3 Å². The van der Waals surface area contributed by atoms with E-state index < -0.39 is 0 Å². The zero-order chi connectivity index (χ0) is 28.2. The number of likely N-dealkylation sites (tertiary alicyclic amines) is 1. The van der Waals surface area contributed by atoms with Crippen LogP contribution in [-0.4, -0.2) is 42.2 Å². The zero-order valence-corrected chi connectivity index (χ0v) is 23.7. The Labute approximate surface area is 243 Å². The Balaban J connectivity index is 1.35. The third-order valence-electron chi connectivity index (χ3n) is 7.05. The van der Waals surface area contributed by atoms with Crippen LogP contribution in [0.1, 0.15) is 30.9 Å². The molecule has 0 aliphatic carbocycles. The molecule has 5 rings (SSSR count). The van der Waals surface area contributed by atoms with Gasteiger partial charge in [0.25, 0.3) is 0 Å². The standard InChI is InChI=1S/C31H28Cl2N4O3/c1-19(38)40-24-9-11-37(12-10-24)18-20-3-5-21(6-4-20)22-7-8-25-28(13-22)35-17-23(16-34)31(25)36-29-15-30(39-2)27(33)14-26(29)32/h3-8,13-15,17,24H,9-12,18H2,1-2H3,(H,35,36). The van der Waals surface area contributed by atoms with E-state index in [1.54, 1.807) is 18.3 Å². The molecular formula is C31H28Cl2N4O3. The molecule has 40 heavy (non-hydrogen) atoms. The van der Waals surface area contributed by atoms with E-state index in [0.717, 1.165) is 54.5 Å². The Hall–Kier alpha value is -3.83. The first kappa shape index (κ1) is 27.7. The number of rotatable bonds is 7. The molecule has 4 aromatic rings. The maximum atomic E-state index is 11.2. The average molecular weight is 575 g/mol. The summed E-state index contributed by atoms with van der Waals surface area (Å²) in [5, 5.41) is 14.7. The van der Waals surface area contributed by atoms with Crippen LogP contribution in [0.25, 0.3) is 22.0 Å². The molecule has 0 radical (unpaired) electrons. The smallest absolute Gasteiger partial charge is 0.302 e. The number of nitriles is 1. The van der Waals surface area contributed by atoms with E-state index in [0.29, 0.717) is 32.7 Å². The molecule has 0 saturated carbocycles. The number of ether oxygens (including phenoxy) is 2. The summed E-state index contributed by atoms with van der Waals surface area (Å²) in [7, 11) is 1.53. The van der Waals surface area contributed by atoms with Crippen molar-refractivity contribution in [1.29, 1.82) is 5.26 Å². The van der Waals surface area contributed by atoms with Gasteiger partial charge in [0, 0.05) is 44.2 Å². The predicted molar refractivity (Wildman–Crippen MR) is 158 cm³/mol. The largest absolute Gasteiger partial charge is 0.495 e. The van der Waals surface area contributed by atoms with Crippen LogP contribution in [0.3, 0.4) is 0 Å². The van der Waals surface area contributed by atoms with Gasteiger partial charge in [-0.1, -0.05) is 59.6 Å². The first-order valence-corrected chi connectivity index (χ1v) is 13.7. The molecule has 1 saturated heterocycles. The highest BCUT2D eigenvalue weighted by Crippen LogP contribution is 2.38. The van der Waals surface area contributed by atoms with E-state index in [-0.39, 0.29) is 12.1 Å². The fourth-order valence-corrected chi connectivity index (χ4v) is 5.50. The van der Waals surface area contributed by atoms with Gasteiger partial charge in [-0.25, -0.2) is 0 Å². The topological polar surface area (TPSA) is 87.5 Å². The Morgan fingerprint density at radius 3 is 2.48 bits per heavy atom. The number of carbonyl (C=O) groups is 1. The molecule has 1 aliphatic heterocycles. The molecule has 9 heteroatoms. The summed E-state index contributed by atoms with van der Waals surface area (Å²) in [6.07, 6.45) is 3.32. The average Bonchev–Trinajstić information content (AvgIpc) is 2.95. The minimum absolute atomic E-state index is 0.0311. The van der Waals surface area contributed by atoms with Crippen molar-refractivity contribution in [1.82, 2.24) is 9.88 Å². The summed E-state index contributed by atoms with van der Waals surface area (Å²) in [6.45, 7) is 4.14. The van der Waals surface area contributed by atoms with Crippen molar-refractivity contribution in [3.63, 3.8) is 0 Å². The van der Waals surface area contributed by atoms with Crippen LogP contribution < -0.4 is 10.1 Å². The highest BCUT2D eigenvalue weighted by Gasteiger charge is 2.21. The number of methoxy groups -OCH3 is 1. The number of pyridine rings is 1. The van der Waals surface area contributed by atoms with Crippen molar-refractivity contribution in [3.8, 4) is 22.9 Å². The van der Waals surface area contributed by atoms with Crippen LogP contribution in [-0.2, 0) is 16.1 Å². The Morgan fingerprint density at radius 1 is 1.07 bits per heavy atom. The molecule has 1 aliphatic rings. The van der Waals surface area contributed by atoms with Gasteiger partial charge in [-0.15, -0.1) is 0 Å². The number of esters is 1. The molecule has 2 heterocycles. The molecule has 1 N–H and O–H groups in total. The van der Waals surface area contributed by atoms with E-state index in [4.69, 9.17) is 32.7 Å². The zero-order valence-electron chi connectivity index (χ0n) is 22.2. The first-order chi connectivity index (χ1) is 19.3. The minimum Gasteiger partial charge on any atom is -0.495 e. The van der Waals surface area contributed by atoms with Gasteiger partial charge in [0.05, 0.1) is 39.6 Å². The van der Waals surface area contributed by atoms with Crippen molar-refractivity contribution in [3.05, 3.63) is 82.0 Å². The molecule has 7 nitrogen and oxygen atoms in total. The van der Waals surface area contributed by atoms with Crippen LogP contribution >= 0.6 is 23.2 Å². The Bertz CT molecular complexity index is 1590. The van der Waals surface area contributed by atoms with Gasteiger partial charge < -0.3 is 14.8 Å². The summed E-state index contributed by atoms with van der Waals surface area (Å²) in [5.74, 6) is 0.269. The predicted octanol–water partition coefficient (Wildman–Crippen LogP) is 7.36. The number of aromatic nitrogens is 1. The van der Waals surface area contributed by atoms with Crippen LogP contribution in [0.5, 0.6) is 5.75 Å². The second-order valence-electron chi connectivity index (χ2n) is 9.76. The van der Waals surface area contributed by atoms with Gasteiger partial charge in [0.2, 0.25) is 0 Å². The molecule has 204 valence electrons. The number of fused-ring (bicyclic) bond motifs is 1. The molecule has 3 aromatic carbocycles. The fourth-order valence-electron chi connectivity index (χ4n) is 4.99. The van der Waals surface area contributed by atoms with Crippen molar-refractivity contribution in [2.75, 3.05) is 25.5 Å². The summed E-state index contributed by atoms with van der Waals surface area (Å²) < 4.78 is 10.7. The Morgan fingerprint density at radius 2 is 1.80 bits per heavy atom. The van der Waals surface area contributed by atoms with Gasteiger partial charge in [-0.3, -0.25) is 14.7 Å². The monoisotopic (exact) mass is 574 g/mol. The van der Waals surface area contributed by atoms with Gasteiger partial charge >= 0.3 is 5.97 Å². The van der Waals surface area contributed by atoms with E-state index in [1.807, 2.05) is 18.2 Å². The SMILES string of the molecule is COc1cc(Nc2c(C#N)cnc3cc(-c4ccc(CN5CCC(OC(C)=O)CC5)cc4)ccc23)c(Cl)cc1Cl. The van der Waals surface area contributed by atoms with Gasteiger partial charge in [0.1, 0.15) is 17.9 Å². The summed E-state index contributed by atoms with van der Waals surface area (Å²) in [5.41, 5.74) is 5.65. The first-order valence-electron chi connectivity index (χ1n) is 13.0.